The number of hydrogen-bond donors (Lipinski definition) is 0. The van der Waals surface area contributed by atoms with Crippen molar-refractivity contribution in [1.82, 2.24) is 4.90 Å². The van der Waals surface area contributed by atoms with Crippen LogP contribution in [0.25, 0.3) is 11.0 Å². The summed E-state index contributed by atoms with van der Waals surface area (Å²) in [7, 11) is 1.57. The Bertz CT molecular complexity index is 1950. The van der Waals surface area contributed by atoms with Gasteiger partial charge < -0.3 is 28.3 Å². The average Bonchev–Trinajstić information content (AvgIpc) is 3.60. The second kappa shape index (κ2) is 10.5. The van der Waals surface area contributed by atoms with E-state index < -0.39 is 6.04 Å². The summed E-state index contributed by atoms with van der Waals surface area (Å²) in [6.45, 7) is 4.64. The van der Waals surface area contributed by atoms with Gasteiger partial charge in [-0.15, -0.1) is 0 Å². The Morgan fingerprint density at radius 1 is 0.837 bits per heavy atom. The molecule has 3 heterocycles. The predicted octanol–water partition coefficient (Wildman–Crippen LogP) is 6.47. The molecule has 0 aliphatic carbocycles. The lowest BCUT2D eigenvalue weighted by atomic mass is 9.97. The van der Waals surface area contributed by atoms with Crippen molar-refractivity contribution in [2.24, 2.45) is 0 Å². The zero-order valence-electron chi connectivity index (χ0n) is 24.0. The Morgan fingerprint density at radius 3 is 2.44 bits per heavy atom. The molecule has 0 fully saturated rings. The Hall–Kier alpha value is -5.24. The van der Waals surface area contributed by atoms with E-state index in [1.165, 1.54) is 0 Å². The first kappa shape index (κ1) is 26.6. The minimum atomic E-state index is -0.716. The maximum atomic E-state index is 14.1. The van der Waals surface area contributed by atoms with Crippen LogP contribution < -0.4 is 24.4 Å². The number of nitrogens with zero attached hydrogens (tertiary/aromatic N) is 1. The van der Waals surface area contributed by atoms with E-state index >= 15 is 0 Å². The fraction of sp³-hybridized carbons (Fsp3) is 0.200. The van der Waals surface area contributed by atoms with Gasteiger partial charge in [0.1, 0.15) is 12.2 Å². The number of hydrogen-bond acceptors (Lipinski definition) is 7. The highest BCUT2D eigenvalue weighted by molar-refractivity contribution is 5.99. The highest BCUT2D eigenvalue weighted by Crippen LogP contribution is 2.43. The molecule has 0 N–H and O–H groups in total. The van der Waals surface area contributed by atoms with Crippen LogP contribution >= 0.6 is 0 Å². The van der Waals surface area contributed by atoms with E-state index in [0.29, 0.717) is 51.7 Å². The maximum Gasteiger partial charge on any atom is 0.291 e. The molecule has 5 aromatic rings. The molecule has 8 nitrogen and oxygen atoms in total. The molecular formula is C35H29NO7. The van der Waals surface area contributed by atoms with Crippen LogP contribution in [0.1, 0.15) is 50.0 Å². The SMILES string of the molecule is COc1cc(C2c3c(oc4cc(C)c(C)cc4c3=O)C(=O)N2Cc2ccc3c(c2)OCO3)ccc1OCc1ccccc1. The van der Waals surface area contributed by atoms with Gasteiger partial charge in [-0.05, 0) is 78.1 Å². The largest absolute Gasteiger partial charge is 0.493 e. The lowest BCUT2D eigenvalue weighted by Crippen LogP contribution is -2.29. The molecule has 1 unspecified atom stereocenters. The van der Waals surface area contributed by atoms with Gasteiger partial charge in [0, 0.05) is 6.54 Å². The van der Waals surface area contributed by atoms with Crippen LogP contribution in [-0.2, 0) is 13.2 Å². The molecule has 7 rings (SSSR count). The zero-order valence-corrected chi connectivity index (χ0v) is 24.0. The third-order valence-electron chi connectivity index (χ3n) is 8.11. The second-order valence-corrected chi connectivity index (χ2v) is 10.8. The summed E-state index contributed by atoms with van der Waals surface area (Å²) in [6.07, 6.45) is 0. The van der Waals surface area contributed by atoms with Crippen LogP contribution in [0.5, 0.6) is 23.0 Å². The summed E-state index contributed by atoms with van der Waals surface area (Å²) in [5.41, 5.74) is 4.97. The number of amides is 1. The number of rotatable bonds is 7. The first-order valence-electron chi connectivity index (χ1n) is 14.0. The smallest absolute Gasteiger partial charge is 0.291 e. The van der Waals surface area contributed by atoms with Crippen molar-refractivity contribution < 1.29 is 28.2 Å². The molecule has 43 heavy (non-hydrogen) atoms. The van der Waals surface area contributed by atoms with E-state index in [1.54, 1.807) is 12.0 Å². The lowest BCUT2D eigenvalue weighted by Gasteiger charge is -2.26. The van der Waals surface area contributed by atoms with Gasteiger partial charge in [0.25, 0.3) is 5.91 Å². The molecule has 0 bridgehead atoms. The van der Waals surface area contributed by atoms with E-state index in [-0.39, 0.29) is 30.4 Å². The molecule has 0 saturated heterocycles. The van der Waals surface area contributed by atoms with Crippen LogP contribution in [0.2, 0.25) is 0 Å². The third-order valence-corrected chi connectivity index (χ3v) is 8.11. The summed E-state index contributed by atoms with van der Waals surface area (Å²) in [4.78, 5) is 29.8. The van der Waals surface area contributed by atoms with Crippen LogP contribution in [0, 0.1) is 13.8 Å². The van der Waals surface area contributed by atoms with Gasteiger partial charge >= 0.3 is 0 Å². The molecule has 0 saturated carbocycles. The number of aryl methyl sites for hydroxylation is 2. The maximum absolute atomic E-state index is 14.1. The number of carbonyl (C=O) groups excluding carboxylic acids is 1. The van der Waals surface area contributed by atoms with E-state index in [4.69, 9.17) is 23.4 Å². The molecule has 0 spiro atoms. The number of methoxy groups -OCH3 is 1. The Kier molecular flexibility index (Phi) is 6.54. The van der Waals surface area contributed by atoms with Crippen molar-refractivity contribution in [3.8, 4) is 23.0 Å². The molecule has 4 aromatic carbocycles. The van der Waals surface area contributed by atoms with Gasteiger partial charge in [-0.2, -0.15) is 0 Å². The zero-order chi connectivity index (χ0) is 29.7. The fourth-order valence-electron chi connectivity index (χ4n) is 5.73. The summed E-state index contributed by atoms with van der Waals surface area (Å²) in [6, 6.07) is 23.9. The number of carbonyl (C=O) groups is 1. The minimum absolute atomic E-state index is 0.0508. The lowest BCUT2D eigenvalue weighted by molar-refractivity contribution is 0.0714. The summed E-state index contributed by atoms with van der Waals surface area (Å²) >= 11 is 0. The molecule has 2 aliphatic rings. The highest BCUT2D eigenvalue weighted by Gasteiger charge is 2.43. The van der Waals surface area contributed by atoms with Gasteiger partial charge in [0.05, 0.1) is 24.1 Å². The third kappa shape index (κ3) is 4.65. The summed E-state index contributed by atoms with van der Waals surface area (Å²) in [5, 5.41) is 0.444. The van der Waals surface area contributed by atoms with E-state index in [0.717, 1.165) is 22.3 Å². The van der Waals surface area contributed by atoms with Gasteiger partial charge in [0.2, 0.25) is 12.6 Å². The van der Waals surface area contributed by atoms with Gasteiger partial charge in [-0.3, -0.25) is 9.59 Å². The van der Waals surface area contributed by atoms with E-state index in [1.807, 2.05) is 92.7 Å². The van der Waals surface area contributed by atoms with Gasteiger partial charge in [-0.1, -0.05) is 42.5 Å². The average molecular weight is 576 g/mol. The highest BCUT2D eigenvalue weighted by atomic mass is 16.7. The van der Waals surface area contributed by atoms with Crippen molar-refractivity contribution in [3.05, 3.63) is 128 Å². The quantitative estimate of drug-likeness (QED) is 0.220. The minimum Gasteiger partial charge on any atom is -0.493 e. The molecule has 2 aliphatic heterocycles. The van der Waals surface area contributed by atoms with Gasteiger partial charge in [0.15, 0.2) is 28.4 Å². The molecule has 1 amide bonds. The Balaban J connectivity index is 1.33. The topological polar surface area (TPSA) is 87.4 Å². The summed E-state index contributed by atoms with van der Waals surface area (Å²) in [5.74, 6) is 2.01. The van der Waals surface area contributed by atoms with Crippen LogP contribution in [0.4, 0.5) is 0 Å². The van der Waals surface area contributed by atoms with Gasteiger partial charge in [-0.25, -0.2) is 0 Å². The standard InChI is InChI=1S/C35H29NO7/c1-20-13-25-28(14-21(20)2)43-34-31(33(25)37)32(36(35(34)38)17-23-9-11-27-30(15-23)42-19-41-27)24-10-12-26(29(16-24)39-3)40-18-22-7-5-4-6-8-22/h4-16,32H,17-19H2,1-3H3. The number of fused-ring (bicyclic) bond motifs is 3. The van der Waals surface area contributed by atoms with Crippen molar-refractivity contribution >= 4 is 16.9 Å². The monoisotopic (exact) mass is 575 g/mol. The van der Waals surface area contributed by atoms with Crippen LogP contribution in [0.15, 0.2) is 88.1 Å². The first-order chi connectivity index (χ1) is 20.9. The summed E-state index contributed by atoms with van der Waals surface area (Å²) < 4.78 is 29.0. The Morgan fingerprint density at radius 2 is 1.63 bits per heavy atom. The predicted molar refractivity (Wildman–Crippen MR) is 160 cm³/mol. The van der Waals surface area contributed by atoms with E-state index in [2.05, 4.69) is 0 Å². The van der Waals surface area contributed by atoms with E-state index in [9.17, 15) is 9.59 Å². The normalized spacial score (nSPS) is 15.2. The Labute approximate surface area is 248 Å². The number of ether oxygens (including phenoxy) is 4. The van der Waals surface area contributed by atoms with Crippen molar-refractivity contribution in [1.29, 1.82) is 0 Å². The van der Waals surface area contributed by atoms with Crippen molar-refractivity contribution in [2.75, 3.05) is 13.9 Å². The van der Waals surface area contributed by atoms with Crippen LogP contribution in [0.3, 0.4) is 0 Å². The second-order valence-electron chi connectivity index (χ2n) is 10.8. The number of benzene rings is 4. The van der Waals surface area contributed by atoms with Crippen LogP contribution in [-0.4, -0.2) is 24.7 Å². The molecule has 1 aromatic heterocycles. The molecule has 1 atom stereocenters. The molecule has 0 radical (unpaired) electrons. The van der Waals surface area contributed by atoms with Crippen molar-refractivity contribution in [2.45, 2.75) is 33.0 Å². The fourth-order valence-corrected chi connectivity index (χ4v) is 5.73. The molecule has 216 valence electrons. The first-order valence-corrected chi connectivity index (χ1v) is 14.0. The van der Waals surface area contributed by atoms with Crippen molar-refractivity contribution in [3.63, 3.8) is 0 Å². The molecule has 8 heteroatoms. The molecular weight excluding hydrogens is 546 g/mol.